The molecule has 16 heavy (non-hydrogen) atoms. The van der Waals surface area contributed by atoms with Crippen LogP contribution in [0, 0.1) is 5.82 Å². The van der Waals surface area contributed by atoms with E-state index in [-0.39, 0.29) is 23.1 Å². The van der Waals surface area contributed by atoms with Gasteiger partial charge in [0.2, 0.25) is 0 Å². The molecule has 1 fully saturated rings. The zero-order chi connectivity index (χ0) is 11.9. The number of ketones is 1. The summed E-state index contributed by atoms with van der Waals surface area (Å²) in [5.41, 5.74) is -0.919. The summed E-state index contributed by atoms with van der Waals surface area (Å²) in [5, 5.41) is 9.17. The Balaban J connectivity index is 2.53. The van der Waals surface area contributed by atoms with E-state index in [4.69, 9.17) is 0 Å². The lowest BCUT2D eigenvalue weighted by Crippen LogP contribution is -2.48. The molecule has 84 valence electrons. The van der Waals surface area contributed by atoms with Crippen LogP contribution in [0.2, 0.25) is 0 Å². The standard InChI is InChI=1S/C11H8BrFO3/c12-9-7(2-1-3-8(9)13)11(10(15)16)4-6(14)5-11/h1-3H,4-5H2,(H,15,16). The molecule has 1 aromatic rings. The first-order valence-electron chi connectivity index (χ1n) is 4.67. The Morgan fingerprint density at radius 3 is 2.56 bits per heavy atom. The topological polar surface area (TPSA) is 54.4 Å². The van der Waals surface area contributed by atoms with Crippen LogP contribution in [0.25, 0.3) is 0 Å². The third-order valence-corrected chi connectivity index (χ3v) is 3.68. The van der Waals surface area contributed by atoms with Gasteiger partial charge in [0.25, 0.3) is 0 Å². The second kappa shape index (κ2) is 3.66. The van der Waals surface area contributed by atoms with Crippen LogP contribution in [0.4, 0.5) is 4.39 Å². The van der Waals surface area contributed by atoms with Crippen molar-refractivity contribution in [2.24, 2.45) is 0 Å². The fourth-order valence-corrected chi connectivity index (χ4v) is 2.60. The maximum atomic E-state index is 13.3. The average Bonchev–Trinajstić information content (AvgIpc) is 2.17. The summed E-state index contributed by atoms with van der Waals surface area (Å²) in [7, 11) is 0. The largest absolute Gasteiger partial charge is 0.481 e. The van der Waals surface area contributed by atoms with Gasteiger partial charge in [-0.1, -0.05) is 12.1 Å². The van der Waals surface area contributed by atoms with E-state index < -0.39 is 17.2 Å². The highest BCUT2D eigenvalue weighted by atomic mass is 79.9. The van der Waals surface area contributed by atoms with Crippen molar-refractivity contribution in [1.82, 2.24) is 0 Å². The third-order valence-electron chi connectivity index (χ3n) is 2.87. The lowest BCUT2D eigenvalue weighted by molar-refractivity contribution is -0.153. The van der Waals surface area contributed by atoms with E-state index in [2.05, 4.69) is 15.9 Å². The van der Waals surface area contributed by atoms with E-state index in [0.29, 0.717) is 5.56 Å². The molecule has 2 rings (SSSR count). The molecule has 3 nitrogen and oxygen atoms in total. The number of carboxylic acids is 1. The first-order valence-corrected chi connectivity index (χ1v) is 5.46. The van der Waals surface area contributed by atoms with Crippen molar-refractivity contribution in [3.8, 4) is 0 Å². The zero-order valence-electron chi connectivity index (χ0n) is 8.17. The van der Waals surface area contributed by atoms with Gasteiger partial charge in [0.15, 0.2) is 0 Å². The Kier molecular flexibility index (Phi) is 2.58. The van der Waals surface area contributed by atoms with Crippen molar-refractivity contribution >= 4 is 27.7 Å². The summed E-state index contributed by atoms with van der Waals surface area (Å²) in [6.45, 7) is 0. The second-order valence-corrected chi connectivity index (χ2v) is 4.67. The van der Waals surface area contributed by atoms with Crippen molar-refractivity contribution in [3.05, 3.63) is 34.1 Å². The summed E-state index contributed by atoms with van der Waals surface area (Å²) in [6.07, 6.45) is -0.130. The summed E-state index contributed by atoms with van der Waals surface area (Å²) in [5.74, 6) is -1.71. The van der Waals surface area contributed by atoms with Gasteiger partial charge < -0.3 is 5.11 Å². The molecule has 0 radical (unpaired) electrons. The molecule has 0 aliphatic heterocycles. The molecule has 0 bridgehead atoms. The van der Waals surface area contributed by atoms with E-state index in [1.807, 2.05) is 0 Å². The highest BCUT2D eigenvalue weighted by Crippen LogP contribution is 2.44. The van der Waals surface area contributed by atoms with Crippen molar-refractivity contribution in [1.29, 1.82) is 0 Å². The molecule has 0 heterocycles. The molecule has 0 aromatic heterocycles. The highest BCUT2D eigenvalue weighted by Gasteiger charge is 2.52. The Morgan fingerprint density at radius 2 is 2.06 bits per heavy atom. The predicted octanol–water partition coefficient (Wildman–Crippen LogP) is 2.27. The van der Waals surface area contributed by atoms with Crippen LogP contribution in [0.15, 0.2) is 22.7 Å². The van der Waals surface area contributed by atoms with Crippen LogP contribution < -0.4 is 0 Å². The molecular formula is C11H8BrFO3. The number of hydrogen-bond donors (Lipinski definition) is 1. The van der Waals surface area contributed by atoms with Crippen molar-refractivity contribution in [2.45, 2.75) is 18.3 Å². The van der Waals surface area contributed by atoms with Gasteiger partial charge in [-0.3, -0.25) is 9.59 Å². The minimum atomic E-state index is -1.25. The molecule has 0 unspecified atom stereocenters. The minimum Gasteiger partial charge on any atom is -0.481 e. The lowest BCUT2D eigenvalue weighted by atomic mass is 9.63. The van der Waals surface area contributed by atoms with E-state index in [9.17, 15) is 19.1 Å². The molecule has 0 amide bonds. The molecule has 0 spiro atoms. The maximum absolute atomic E-state index is 13.3. The Bertz CT molecular complexity index is 476. The second-order valence-electron chi connectivity index (χ2n) is 3.88. The van der Waals surface area contributed by atoms with E-state index in [1.54, 1.807) is 0 Å². The monoisotopic (exact) mass is 286 g/mol. The van der Waals surface area contributed by atoms with Crippen molar-refractivity contribution < 1.29 is 19.1 Å². The number of hydrogen-bond acceptors (Lipinski definition) is 2. The van der Waals surface area contributed by atoms with Crippen LogP contribution >= 0.6 is 15.9 Å². The molecule has 1 aliphatic rings. The number of benzene rings is 1. The van der Waals surface area contributed by atoms with E-state index in [0.717, 1.165) is 0 Å². The molecular weight excluding hydrogens is 279 g/mol. The number of carbonyl (C=O) groups is 2. The Hall–Kier alpha value is -1.23. The van der Waals surface area contributed by atoms with Gasteiger partial charge in [-0.05, 0) is 27.6 Å². The van der Waals surface area contributed by atoms with E-state index >= 15 is 0 Å². The van der Waals surface area contributed by atoms with Crippen molar-refractivity contribution in [3.63, 3.8) is 0 Å². The van der Waals surface area contributed by atoms with Gasteiger partial charge >= 0.3 is 5.97 Å². The predicted molar refractivity (Wildman–Crippen MR) is 57.7 cm³/mol. The number of carboxylic acid groups (broad SMARTS) is 1. The summed E-state index contributed by atoms with van der Waals surface area (Å²) in [4.78, 5) is 22.2. The quantitative estimate of drug-likeness (QED) is 0.907. The van der Waals surface area contributed by atoms with E-state index in [1.165, 1.54) is 18.2 Å². The fraction of sp³-hybridized carbons (Fsp3) is 0.273. The SMILES string of the molecule is O=C1CC(C(=O)O)(c2cccc(F)c2Br)C1. The van der Waals surface area contributed by atoms with Crippen LogP contribution in [0.3, 0.4) is 0 Å². The van der Waals surface area contributed by atoms with Crippen molar-refractivity contribution in [2.75, 3.05) is 0 Å². The third kappa shape index (κ3) is 1.46. The van der Waals surface area contributed by atoms with Gasteiger partial charge in [-0.2, -0.15) is 0 Å². The van der Waals surface area contributed by atoms with Gasteiger partial charge in [0.05, 0.1) is 4.47 Å². The van der Waals surface area contributed by atoms with Crippen LogP contribution in [-0.2, 0) is 15.0 Å². The average molecular weight is 287 g/mol. The van der Waals surface area contributed by atoms with Crippen LogP contribution in [0.5, 0.6) is 0 Å². The maximum Gasteiger partial charge on any atom is 0.315 e. The summed E-state index contributed by atoms with van der Waals surface area (Å²) >= 11 is 3.03. The Labute approximate surface area is 99.4 Å². The summed E-state index contributed by atoms with van der Waals surface area (Å²) in [6, 6.07) is 4.22. The number of halogens is 2. The molecule has 1 aromatic carbocycles. The molecule has 1 saturated carbocycles. The number of Topliss-reactive ketones (excluding diaryl/α,β-unsaturated/α-hetero) is 1. The highest BCUT2D eigenvalue weighted by molar-refractivity contribution is 9.10. The van der Waals surface area contributed by atoms with Crippen LogP contribution in [-0.4, -0.2) is 16.9 Å². The number of rotatable bonds is 2. The molecule has 5 heteroatoms. The normalized spacial score (nSPS) is 18.0. The molecule has 0 atom stereocenters. The number of aliphatic carboxylic acids is 1. The van der Waals surface area contributed by atoms with Gasteiger partial charge in [0, 0.05) is 12.8 Å². The fourth-order valence-electron chi connectivity index (χ4n) is 1.95. The van der Waals surface area contributed by atoms with Crippen LogP contribution in [0.1, 0.15) is 18.4 Å². The van der Waals surface area contributed by atoms with Gasteiger partial charge in [0.1, 0.15) is 17.0 Å². The first kappa shape index (κ1) is 11.3. The first-order chi connectivity index (χ1) is 7.47. The Morgan fingerprint density at radius 1 is 1.44 bits per heavy atom. The zero-order valence-corrected chi connectivity index (χ0v) is 9.75. The number of carbonyl (C=O) groups excluding carboxylic acids is 1. The molecule has 0 saturated heterocycles. The molecule has 1 N–H and O–H groups in total. The summed E-state index contributed by atoms with van der Waals surface area (Å²) < 4.78 is 13.4. The lowest BCUT2D eigenvalue weighted by Gasteiger charge is -2.37. The molecule has 1 aliphatic carbocycles. The smallest absolute Gasteiger partial charge is 0.315 e. The van der Waals surface area contributed by atoms with Gasteiger partial charge in [-0.25, -0.2) is 4.39 Å². The minimum absolute atomic E-state index is 0.0651. The van der Waals surface area contributed by atoms with Gasteiger partial charge in [-0.15, -0.1) is 0 Å².